The van der Waals surface area contributed by atoms with Gasteiger partial charge in [-0.2, -0.15) is 0 Å². The molecule has 1 aliphatic heterocycles. The van der Waals surface area contributed by atoms with E-state index in [1.165, 1.54) is 6.42 Å². The summed E-state index contributed by atoms with van der Waals surface area (Å²) in [6.07, 6.45) is 4.22. The highest BCUT2D eigenvalue weighted by Gasteiger charge is 2.46. The predicted molar refractivity (Wildman–Crippen MR) is 55.0 cm³/mol. The summed E-state index contributed by atoms with van der Waals surface area (Å²) in [6, 6.07) is 0. The van der Waals surface area contributed by atoms with Crippen LogP contribution in [0.5, 0.6) is 0 Å². The number of amides is 1. The zero-order valence-corrected chi connectivity index (χ0v) is 8.76. The second kappa shape index (κ2) is 3.26. The Bertz CT molecular complexity index is 287. The number of nitrogens with one attached hydrogen (secondary N) is 2. The molecule has 2 aliphatic rings. The van der Waals surface area contributed by atoms with Crippen LogP contribution >= 0.6 is 0 Å². The van der Waals surface area contributed by atoms with Gasteiger partial charge in [-0.25, -0.2) is 0 Å². The molecule has 2 N–H and O–H groups in total. The summed E-state index contributed by atoms with van der Waals surface area (Å²) in [5.41, 5.74) is -0.355. The minimum absolute atomic E-state index is 0.102. The molecule has 1 amide bonds. The van der Waals surface area contributed by atoms with Crippen molar-refractivity contribution in [2.75, 3.05) is 7.05 Å². The highest BCUT2D eigenvalue weighted by Crippen LogP contribution is 2.33. The van der Waals surface area contributed by atoms with Crippen LogP contribution in [0.2, 0.25) is 0 Å². The molecule has 2 atom stereocenters. The lowest BCUT2D eigenvalue weighted by Gasteiger charge is -2.34. The van der Waals surface area contributed by atoms with E-state index in [1.54, 1.807) is 7.05 Å². The molecular weight excluding hydrogens is 178 g/mol. The van der Waals surface area contributed by atoms with Gasteiger partial charge in [0.15, 0.2) is 5.96 Å². The van der Waals surface area contributed by atoms with Gasteiger partial charge in [0.1, 0.15) is 5.54 Å². The van der Waals surface area contributed by atoms with Crippen molar-refractivity contribution in [3.63, 3.8) is 0 Å². The number of carbonyl (C=O) groups is 1. The first-order valence-electron chi connectivity index (χ1n) is 5.23. The van der Waals surface area contributed by atoms with Gasteiger partial charge in [-0.05, 0) is 18.8 Å². The average Bonchev–Trinajstić information content (AvgIpc) is 2.44. The van der Waals surface area contributed by atoms with Gasteiger partial charge in [0.2, 0.25) is 0 Å². The second-order valence-electron chi connectivity index (χ2n) is 4.43. The molecule has 2 rings (SSSR count). The van der Waals surface area contributed by atoms with E-state index in [9.17, 15) is 4.79 Å². The molecule has 0 aromatic heterocycles. The minimum atomic E-state index is -0.355. The third-order valence-electron chi connectivity index (χ3n) is 3.25. The highest BCUT2D eigenvalue weighted by molar-refractivity contribution is 6.09. The van der Waals surface area contributed by atoms with Gasteiger partial charge in [-0.15, -0.1) is 0 Å². The van der Waals surface area contributed by atoms with Gasteiger partial charge in [0.05, 0.1) is 0 Å². The van der Waals surface area contributed by atoms with Crippen LogP contribution in [-0.4, -0.2) is 24.5 Å². The molecule has 2 unspecified atom stereocenters. The summed E-state index contributed by atoms with van der Waals surface area (Å²) in [6.45, 7) is 2.21. The molecule has 14 heavy (non-hydrogen) atoms. The summed E-state index contributed by atoms with van der Waals surface area (Å²) < 4.78 is 0. The Balaban J connectivity index is 2.19. The fraction of sp³-hybridized carbons (Fsp3) is 0.800. The normalized spacial score (nSPS) is 40.0. The molecule has 78 valence electrons. The zero-order chi connectivity index (χ0) is 10.2. The smallest absolute Gasteiger partial charge is 0.252 e. The Morgan fingerprint density at radius 3 is 2.93 bits per heavy atom. The highest BCUT2D eigenvalue weighted by atomic mass is 16.2. The van der Waals surface area contributed by atoms with E-state index in [0.29, 0.717) is 11.9 Å². The Kier molecular flexibility index (Phi) is 2.21. The van der Waals surface area contributed by atoms with Crippen LogP contribution in [0.4, 0.5) is 0 Å². The van der Waals surface area contributed by atoms with E-state index in [2.05, 4.69) is 22.5 Å². The lowest BCUT2D eigenvalue weighted by molar-refractivity contribution is -0.125. The van der Waals surface area contributed by atoms with Crippen molar-refractivity contribution in [1.29, 1.82) is 0 Å². The number of hydrogen-bond acceptors (Lipinski definition) is 2. The second-order valence-corrected chi connectivity index (χ2v) is 4.43. The Morgan fingerprint density at radius 2 is 2.36 bits per heavy atom. The molecule has 1 aliphatic carbocycles. The Hall–Kier alpha value is -1.06. The van der Waals surface area contributed by atoms with E-state index in [0.717, 1.165) is 19.3 Å². The molecule has 0 bridgehead atoms. The number of nitrogens with zero attached hydrogens (tertiary/aromatic N) is 1. The van der Waals surface area contributed by atoms with Crippen LogP contribution in [0.15, 0.2) is 4.99 Å². The van der Waals surface area contributed by atoms with Gasteiger partial charge in [-0.3, -0.25) is 15.1 Å². The predicted octanol–water partition coefficient (Wildman–Crippen LogP) is 0.640. The standard InChI is InChI=1S/C10H17N3O/c1-7-4-3-5-10(6-7)8(14)12-9(11-2)13-10/h7H,3-6H2,1-2H3,(H2,11,12,13,14). The van der Waals surface area contributed by atoms with Gasteiger partial charge in [0, 0.05) is 7.05 Å². The van der Waals surface area contributed by atoms with Gasteiger partial charge < -0.3 is 5.32 Å². The lowest BCUT2D eigenvalue weighted by atomic mass is 9.76. The van der Waals surface area contributed by atoms with Crippen molar-refractivity contribution >= 4 is 11.9 Å². The fourth-order valence-electron chi connectivity index (χ4n) is 2.52. The van der Waals surface area contributed by atoms with E-state index < -0.39 is 0 Å². The molecule has 2 fully saturated rings. The van der Waals surface area contributed by atoms with E-state index in [1.807, 2.05) is 0 Å². The molecule has 0 aromatic rings. The first-order chi connectivity index (χ1) is 6.66. The van der Waals surface area contributed by atoms with Crippen LogP contribution < -0.4 is 10.6 Å². The monoisotopic (exact) mass is 195 g/mol. The topological polar surface area (TPSA) is 53.5 Å². The largest absolute Gasteiger partial charge is 0.342 e. The first-order valence-corrected chi connectivity index (χ1v) is 5.23. The van der Waals surface area contributed by atoms with Gasteiger partial charge >= 0.3 is 0 Å². The maximum absolute atomic E-state index is 11.8. The Labute approximate surface area is 84.2 Å². The Morgan fingerprint density at radius 1 is 1.57 bits per heavy atom. The molecular formula is C10H17N3O. The summed E-state index contributed by atoms with van der Waals surface area (Å²) in [5.74, 6) is 1.35. The molecule has 0 radical (unpaired) electrons. The van der Waals surface area contributed by atoms with Crippen molar-refractivity contribution in [1.82, 2.24) is 10.6 Å². The first kappa shape index (κ1) is 9.49. The van der Waals surface area contributed by atoms with E-state index in [-0.39, 0.29) is 11.4 Å². The number of carbonyl (C=O) groups excluding carboxylic acids is 1. The molecule has 1 spiro atoms. The van der Waals surface area contributed by atoms with Crippen molar-refractivity contribution in [3.8, 4) is 0 Å². The molecule has 0 aromatic carbocycles. The average molecular weight is 195 g/mol. The number of hydrogen-bond donors (Lipinski definition) is 2. The van der Waals surface area contributed by atoms with Crippen molar-refractivity contribution < 1.29 is 4.79 Å². The molecule has 1 saturated carbocycles. The van der Waals surface area contributed by atoms with Crippen molar-refractivity contribution in [2.45, 2.75) is 38.1 Å². The molecule has 1 saturated heterocycles. The van der Waals surface area contributed by atoms with Gasteiger partial charge in [0.25, 0.3) is 5.91 Å². The summed E-state index contributed by atoms with van der Waals surface area (Å²) >= 11 is 0. The number of guanidine groups is 1. The molecule has 4 nitrogen and oxygen atoms in total. The maximum atomic E-state index is 11.8. The van der Waals surface area contributed by atoms with Crippen LogP contribution in [0, 0.1) is 5.92 Å². The SMILES string of the molecule is CN=C1NC(=O)C2(CCCC(C)C2)N1. The molecule has 4 heteroatoms. The third kappa shape index (κ3) is 1.38. The van der Waals surface area contributed by atoms with E-state index >= 15 is 0 Å². The van der Waals surface area contributed by atoms with Crippen LogP contribution in [0.25, 0.3) is 0 Å². The quantitative estimate of drug-likeness (QED) is 0.596. The van der Waals surface area contributed by atoms with Crippen molar-refractivity contribution in [2.24, 2.45) is 10.9 Å². The van der Waals surface area contributed by atoms with E-state index in [4.69, 9.17) is 0 Å². The van der Waals surface area contributed by atoms with Crippen molar-refractivity contribution in [3.05, 3.63) is 0 Å². The minimum Gasteiger partial charge on any atom is -0.342 e. The number of aliphatic imine (C=N–C) groups is 1. The van der Waals surface area contributed by atoms with Crippen LogP contribution in [-0.2, 0) is 4.79 Å². The fourth-order valence-corrected chi connectivity index (χ4v) is 2.52. The maximum Gasteiger partial charge on any atom is 0.252 e. The summed E-state index contributed by atoms with van der Waals surface area (Å²) in [4.78, 5) is 15.8. The number of rotatable bonds is 0. The van der Waals surface area contributed by atoms with Crippen LogP contribution in [0.1, 0.15) is 32.6 Å². The lowest BCUT2D eigenvalue weighted by Crippen LogP contribution is -2.50. The molecule has 1 heterocycles. The van der Waals surface area contributed by atoms with Gasteiger partial charge in [-0.1, -0.05) is 19.8 Å². The summed E-state index contributed by atoms with van der Waals surface area (Å²) in [7, 11) is 1.69. The van der Waals surface area contributed by atoms with Crippen LogP contribution in [0.3, 0.4) is 0 Å². The zero-order valence-electron chi connectivity index (χ0n) is 8.76. The summed E-state index contributed by atoms with van der Waals surface area (Å²) in [5, 5.41) is 6.01. The third-order valence-corrected chi connectivity index (χ3v) is 3.25.